The van der Waals surface area contributed by atoms with Crippen LogP contribution in [0.1, 0.15) is 71.6 Å². The van der Waals surface area contributed by atoms with Gasteiger partial charge in [-0.25, -0.2) is 0 Å². The summed E-state index contributed by atoms with van der Waals surface area (Å²) in [6.45, 7) is 4.37. The third-order valence-corrected chi connectivity index (χ3v) is 5.31. The van der Waals surface area contributed by atoms with Crippen molar-refractivity contribution in [1.29, 1.82) is 0 Å². The van der Waals surface area contributed by atoms with E-state index in [9.17, 15) is 8.42 Å². The Morgan fingerprint density at radius 1 is 0.913 bits per heavy atom. The van der Waals surface area contributed by atoms with Gasteiger partial charge in [-0.2, -0.15) is 8.42 Å². The van der Waals surface area contributed by atoms with E-state index >= 15 is 0 Å². The zero-order valence-electron chi connectivity index (χ0n) is 14.7. The van der Waals surface area contributed by atoms with Crippen LogP contribution >= 0.6 is 0 Å². The Morgan fingerprint density at radius 2 is 1.52 bits per heavy atom. The van der Waals surface area contributed by atoms with Gasteiger partial charge in [-0.15, -0.1) is 0 Å². The number of unbranched alkanes of at least 4 members (excludes halogenated alkanes) is 6. The van der Waals surface area contributed by atoms with Gasteiger partial charge in [0.2, 0.25) is 0 Å². The second-order valence-corrected chi connectivity index (χ2v) is 8.15. The first-order valence-electron chi connectivity index (χ1n) is 9.00. The minimum absolute atomic E-state index is 0.0968. The molecule has 0 N–H and O–H groups in total. The summed E-state index contributed by atoms with van der Waals surface area (Å²) >= 11 is 0. The van der Waals surface area contributed by atoms with Crippen molar-refractivity contribution >= 4 is 10.1 Å². The fourth-order valence-electron chi connectivity index (χ4n) is 2.60. The molecule has 0 aliphatic heterocycles. The highest BCUT2D eigenvalue weighted by atomic mass is 32.2. The van der Waals surface area contributed by atoms with E-state index in [-0.39, 0.29) is 5.75 Å². The highest BCUT2D eigenvalue weighted by Crippen LogP contribution is 2.18. The molecule has 0 aromatic heterocycles. The van der Waals surface area contributed by atoms with Gasteiger partial charge >= 0.3 is 10.1 Å². The average molecular weight is 341 g/mol. The molecule has 1 unspecified atom stereocenters. The third-order valence-electron chi connectivity index (χ3n) is 4.13. The molecule has 4 heteroatoms. The van der Waals surface area contributed by atoms with E-state index in [1.807, 2.05) is 6.07 Å². The first-order chi connectivity index (χ1) is 11.0. The van der Waals surface area contributed by atoms with Gasteiger partial charge in [0.15, 0.2) is 0 Å². The lowest BCUT2D eigenvalue weighted by molar-refractivity contribution is 0.449. The Balaban J connectivity index is 2.13. The van der Waals surface area contributed by atoms with Gasteiger partial charge in [-0.05, 0) is 24.5 Å². The fraction of sp³-hybridized carbons (Fsp3) is 0.684. The van der Waals surface area contributed by atoms with Gasteiger partial charge < -0.3 is 4.18 Å². The highest BCUT2D eigenvalue weighted by Gasteiger charge is 2.14. The lowest BCUT2D eigenvalue weighted by Gasteiger charge is -2.12. The van der Waals surface area contributed by atoms with Gasteiger partial charge in [0.05, 0.1) is 5.75 Å². The first kappa shape index (κ1) is 20.0. The molecule has 0 saturated heterocycles. The summed E-state index contributed by atoms with van der Waals surface area (Å²) in [6, 6.07) is 8.71. The lowest BCUT2D eigenvalue weighted by Crippen LogP contribution is -2.16. The molecule has 0 aliphatic rings. The van der Waals surface area contributed by atoms with Crippen molar-refractivity contribution in [1.82, 2.24) is 0 Å². The summed E-state index contributed by atoms with van der Waals surface area (Å²) < 4.78 is 29.0. The Morgan fingerprint density at radius 3 is 2.17 bits per heavy atom. The van der Waals surface area contributed by atoms with E-state index in [4.69, 9.17) is 4.18 Å². The number of hydrogen-bond acceptors (Lipinski definition) is 3. The fourth-order valence-corrected chi connectivity index (χ4v) is 3.78. The molecular formula is C19H32O3S. The molecule has 1 atom stereocenters. The van der Waals surface area contributed by atoms with Crippen molar-refractivity contribution in [2.75, 3.05) is 5.75 Å². The Bertz CT molecular complexity index is 497. The van der Waals surface area contributed by atoms with Gasteiger partial charge in [-0.1, -0.05) is 83.4 Å². The Kier molecular flexibility index (Phi) is 10.0. The van der Waals surface area contributed by atoms with E-state index < -0.39 is 10.1 Å². The van der Waals surface area contributed by atoms with Crippen molar-refractivity contribution < 1.29 is 12.6 Å². The molecule has 0 heterocycles. The van der Waals surface area contributed by atoms with Crippen molar-refractivity contribution in [3.8, 4) is 5.75 Å². The number of hydrogen-bond donors (Lipinski definition) is 0. The zero-order chi connectivity index (χ0) is 17.0. The molecule has 132 valence electrons. The molecule has 0 bridgehead atoms. The average Bonchev–Trinajstić information content (AvgIpc) is 2.53. The van der Waals surface area contributed by atoms with E-state index in [0.29, 0.717) is 18.1 Å². The molecule has 0 amide bonds. The number of benzene rings is 1. The minimum atomic E-state index is -3.48. The molecule has 0 spiro atoms. The lowest BCUT2D eigenvalue weighted by atomic mass is 10.00. The van der Waals surface area contributed by atoms with Crippen LogP contribution in [-0.4, -0.2) is 14.2 Å². The van der Waals surface area contributed by atoms with Crippen molar-refractivity contribution in [2.45, 2.75) is 71.6 Å². The van der Waals surface area contributed by atoms with Crippen LogP contribution in [0.3, 0.4) is 0 Å². The van der Waals surface area contributed by atoms with Crippen LogP contribution < -0.4 is 4.18 Å². The Hall–Kier alpha value is -1.03. The Labute approximate surface area is 142 Å². The van der Waals surface area contributed by atoms with Crippen molar-refractivity contribution in [3.05, 3.63) is 30.3 Å². The minimum Gasteiger partial charge on any atom is -0.382 e. The van der Waals surface area contributed by atoms with Crippen LogP contribution in [0, 0.1) is 5.92 Å². The van der Waals surface area contributed by atoms with Crippen LogP contribution in [-0.2, 0) is 10.1 Å². The van der Waals surface area contributed by atoms with Crippen LogP contribution in [0.25, 0.3) is 0 Å². The molecule has 23 heavy (non-hydrogen) atoms. The van der Waals surface area contributed by atoms with E-state index in [2.05, 4.69) is 13.8 Å². The second kappa shape index (κ2) is 11.5. The van der Waals surface area contributed by atoms with E-state index in [0.717, 1.165) is 6.42 Å². The van der Waals surface area contributed by atoms with Gasteiger partial charge in [0.1, 0.15) is 5.75 Å². The normalized spacial score (nSPS) is 13.0. The maximum Gasteiger partial charge on any atom is 0.309 e. The summed E-state index contributed by atoms with van der Waals surface area (Å²) in [5, 5.41) is 0. The molecule has 1 aromatic rings. The van der Waals surface area contributed by atoms with Crippen molar-refractivity contribution in [3.63, 3.8) is 0 Å². The number of rotatable bonds is 13. The van der Waals surface area contributed by atoms with Crippen LogP contribution in [0.5, 0.6) is 5.75 Å². The van der Waals surface area contributed by atoms with Crippen LogP contribution in [0.4, 0.5) is 0 Å². The van der Waals surface area contributed by atoms with E-state index in [1.165, 1.54) is 44.9 Å². The molecule has 0 saturated carbocycles. The summed E-state index contributed by atoms with van der Waals surface area (Å²) in [6.07, 6.45) is 10.9. The summed E-state index contributed by atoms with van der Waals surface area (Å²) in [5.74, 6) is 0.923. The molecule has 1 aromatic carbocycles. The molecular weight excluding hydrogens is 308 g/mol. The monoisotopic (exact) mass is 340 g/mol. The van der Waals surface area contributed by atoms with Gasteiger partial charge in [0.25, 0.3) is 0 Å². The predicted octanol–water partition coefficient (Wildman–Crippen LogP) is 5.56. The topological polar surface area (TPSA) is 43.4 Å². The molecule has 0 radical (unpaired) electrons. The van der Waals surface area contributed by atoms with E-state index in [1.54, 1.807) is 24.3 Å². The zero-order valence-corrected chi connectivity index (χ0v) is 15.5. The summed E-state index contributed by atoms with van der Waals surface area (Å²) in [7, 11) is -3.48. The quantitative estimate of drug-likeness (QED) is 0.349. The van der Waals surface area contributed by atoms with Crippen LogP contribution in [0.2, 0.25) is 0 Å². The molecule has 1 rings (SSSR count). The highest BCUT2D eigenvalue weighted by molar-refractivity contribution is 7.87. The molecule has 3 nitrogen and oxygen atoms in total. The maximum atomic E-state index is 12.0. The van der Waals surface area contributed by atoms with Gasteiger partial charge in [-0.3, -0.25) is 0 Å². The predicted molar refractivity (Wildman–Crippen MR) is 97.2 cm³/mol. The maximum absolute atomic E-state index is 12.0. The molecule has 0 fully saturated rings. The standard InChI is InChI=1S/C19H32O3S/c1-3-4-5-6-7-8-10-13-18(2)16-17-23(20,21)22-19-14-11-9-12-15-19/h9,11-12,14-15,18H,3-8,10,13,16-17H2,1-2H3. The SMILES string of the molecule is CCCCCCCCCC(C)CCS(=O)(=O)Oc1ccccc1. The number of para-hydroxylation sites is 1. The molecule has 0 aliphatic carbocycles. The smallest absolute Gasteiger partial charge is 0.309 e. The first-order valence-corrected chi connectivity index (χ1v) is 10.6. The second-order valence-electron chi connectivity index (χ2n) is 6.46. The summed E-state index contributed by atoms with van der Waals surface area (Å²) in [4.78, 5) is 0. The van der Waals surface area contributed by atoms with Crippen molar-refractivity contribution in [2.24, 2.45) is 5.92 Å². The summed E-state index contributed by atoms with van der Waals surface area (Å²) in [5.41, 5.74) is 0. The third kappa shape index (κ3) is 10.4. The largest absolute Gasteiger partial charge is 0.382 e. The van der Waals surface area contributed by atoms with Gasteiger partial charge in [0, 0.05) is 0 Å². The van der Waals surface area contributed by atoms with Crippen LogP contribution in [0.15, 0.2) is 30.3 Å².